The summed E-state index contributed by atoms with van der Waals surface area (Å²) in [7, 11) is 0. The van der Waals surface area contributed by atoms with E-state index in [1.54, 1.807) is 6.92 Å². The minimum absolute atomic E-state index is 0.0825. The first kappa shape index (κ1) is 17.4. The fourth-order valence-electron chi connectivity index (χ4n) is 3.10. The Kier molecular flexibility index (Phi) is 4.97. The van der Waals surface area contributed by atoms with Gasteiger partial charge in [-0.15, -0.1) is 0 Å². The normalized spacial score (nSPS) is 21.2. The second kappa shape index (κ2) is 6.84. The van der Waals surface area contributed by atoms with Gasteiger partial charge < -0.3 is 16.0 Å². The zero-order chi connectivity index (χ0) is 17.3. The van der Waals surface area contributed by atoms with Gasteiger partial charge in [0.05, 0.1) is 0 Å². The molecule has 1 aromatic carbocycles. The average molecular weight is 394 g/mol. The van der Waals surface area contributed by atoms with Crippen LogP contribution in [0.3, 0.4) is 0 Å². The fraction of sp³-hybridized carbons (Fsp3) is 0.556. The number of hydrogen-bond acceptors (Lipinski definition) is 3. The molecule has 0 bridgehead atoms. The van der Waals surface area contributed by atoms with Crippen molar-refractivity contribution in [3.8, 4) is 0 Å². The molecule has 1 saturated heterocycles. The van der Waals surface area contributed by atoms with E-state index < -0.39 is 5.54 Å². The summed E-state index contributed by atoms with van der Waals surface area (Å²) in [6, 6.07) is 7.58. The number of amides is 2. The Morgan fingerprint density at radius 2 is 1.75 bits per heavy atom. The summed E-state index contributed by atoms with van der Waals surface area (Å²) in [6.07, 6.45) is 3.66. The minimum atomic E-state index is -1.07. The Labute approximate surface area is 151 Å². The molecule has 1 heterocycles. The van der Waals surface area contributed by atoms with Gasteiger partial charge in [0.1, 0.15) is 5.54 Å². The lowest BCUT2D eigenvalue weighted by molar-refractivity contribution is -0.133. The first-order chi connectivity index (χ1) is 11.4. The van der Waals surface area contributed by atoms with Crippen LogP contribution in [-0.2, 0) is 15.1 Å². The van der Waals surface area contributed by atoms with E-state index in [2.05, 4.69) is 21.2 Å². The van der Waals surface area contributed by atoms with Crippen LogP contribution in [0.15, 0.2) is 28.7 Å². The van der Waals surface area contributed by atoms with Gasteiger partial charge in [-0.2, -0.15) is 0 Å². The van der Waals surface area contributed by atoms with Crippen molar-refractivity contribution in [3.63, 3.8) is 0 Å². The van der Waals surface area contributed by atoms with Crippen molar-refractivity contribution in [2.24, 2.45) is 11.7 Å². The zero-order valence-electron chi connectivity index (χ0n) is 13.9. The number of benzene rings is 1. The van der Waals surface area contributed by atoms with Gasteiger partial charge in [0.15, 0.2) is 0 Å². The summed E-state index contributed by atoms with van der Waals surface area (Å²) in [5, 5.41) is 3.06. The lowest BCUT2D eigenvalue weighted by atomic mass is 9.91. The van der Waals surface area contributed by atoms with Crippen LogP contribution in [0.25, 0.3) is 0 Å². The van der Waals surface area contributed by atoms with E-state index in [0.29, 0.717) is 5.91 Å². The molecule has 0 radical (unpaired) electrons. The molecule has 1 aromatic rings. The highest BCUT2D eigenvalue weighted by atomic mass is 79.9. The molecule has 2 aliphatic rings. The maximum atomic E-state index is 12.6. The third-order valence-electron chi connectivity index (χ3n) is 4.98. The second-order valence-electron chi connectivity index (χ2n) is 7.06. The number of carbonyl (C=O) groups is 2. The highest BCUT2D eigenvalue weighted by Gasteiger charge is 2.36. The molecule has 2 fully saturated rings. The van der Waals surface area contributed by atoms with Gasteiger partial charge in [-0.3, -0.25) is 9.59 Å². The van der Waals surface area contributed by atoms with E-state index in [9.17, 15) is 9.59 Å². The Bertz CT molecular complexity index is 618. The highest BCUT2D eigenvalue weighted by molar-refractivity contribution is 9.10. The molecule has 1 aliphatic carbocycles. The smallest absolute Gasteiger partial charge is 0.244 e. The lowest BCUT2D eigenvalue weighted by Crippen LogP contribution is -2.54. The predicted molar refractivity (Wildman–Crippen MR) is 96.2 cm³/mol. The van der Waals surface area contributed by atoms with Crippen molar-refractivity contribution in [3.05, 3.63) is 34.3 Å². The molecule has 0 aromatic heterocycles. The summed E-state index contributed by atoms with van der Waals surface area (Å²) < 4.78 is 0.954. The van der Waals surface area contributed by atoms with E-state index in [1.165, 1.54) is 0 Å². The van der Waals surface area contributed by atoms with Crippen molar-refractivity contribution in [1.82, 2.24) is 10.2 Å². The number of likely N-dealkylation sites (tertiary alicyclic amines) is 1. The number of carbonyl (C=O) groups excluding carboxylic acids is 2. The molecule has 1 aliphatic heterocycles. The number of halogens is 1. The van der Waals surface area contributed by atoms with Crippen molar-refractivity contribution in [2.45, 2.75) is 44.2 Å². The molecule has 5 nitrogen and oxygen atoms in total. The monoisotopic (exact) mass is 393 g/mol. The maximum absolute atomic E-state index is 12.6. The van der Waals surface area contributed by atoms with Crippen molar-refractivity contribution in [1.29, 1.82) is 0 Å². The van der Waals surface area contributed by atoms with Gasteiger partial charge in [-0.05, 0) is 50.3 Å². The van der Waals surface area contributed by atoms with Crippen LogP contribution in [0.1, 0.15) is 38.2 Å². The number of nitrogens with two attached hydrogens (primary N) is 1. The average Bonchev–Trinajstić information content (AvgIpc) is 3.40. The van der Waals surface area contributed by atoms with Crippen LogP contribution in [0.4, 0.5) is 0 Å². The van der Waals surface area contributed by atoms with Gasteiger partial charge >= 0.3 is 0 Å². The van der Waals surface area contributed by atoms with Gasteiger partial charge in [-0.25, -0.2) is 0 Å². The summed E-state index contributed by atoms with van der Waals surface area (Å²) in [5.74, 6) is 0.385. The number of piperidine rings is 1. The zero-order valence-corrected chi connectivity index (χ0v) is 15.5. The van der Waals surface area contributed by atoms with Crippen LogP contribution in [0.2, 0.25) is 0 Å². The quantitative estimate of drug-likeness (QED) is 0.822. The molecule has 3 N–H and O–H groups in total. The summed E-state index contributed by atoms with van der Waals surface area (Å²) in [6.45, 7) is 3.18. The molecular weight excluding hydrogens is 370 g/mol. The van der Waals surface area contributed by atoms with Crippen LogP contribution in [0, 0.1) is 5.92 Å². The van der Waals surface area contributed by atoms with Gasteiger partial charge in [0.25, 0.3) is 0 Å². The fourth-order valence-corrected chi connectivity index (χ4v) is 3.36. The number of nitrogens with zero attached hydrogens (tertiary/aromatic N) is 1. The summed E-state index contributed by atoms with van der Waals surface area (Å²) >= 11 is 3.39. The molecule has 1 saturated carbocycles. The van der Waals surface area contributed by atoms with Crippen LogP contribution in [0.5, 0.6) is 0 Å². The molecule has 24 heavy (non-hydrogen) atoms. The third-order valence-corrected chi connectivity index (χ3v) is 5.51. The van der Waals surface area contributed by atoms with Crippen LogP contribution in [-0.4, -0.2) is 35.8 Å². The molecule has 1 unspecified atom stereocenters. The van der Waals surface area contributed by atoms with Crippen molar-refractivity contribution in [2.75, 3.05) is 13.1 Å². The van der Waals surface area contributed by atoms with Gasteiger partial charge in [0, 0.05) is 29.5 Å². The summed E-state index contributed by atoms with van der Waals surface area (Å²) in [4.78, 5) is 26.6. The first-order valence-electron chi connectivity index (χ1n) is 8.52. The molecular formula is C18H24BrN3O2. The van der Waals surface area contributed by atoms with Crippen molar-refractivity contribution < 1.29 is 9.59 Å². The van der Waals surface area contributed by atoms with Crippen molar-refractivity contribution >= 4 is 27.7 Å². The van der Waals surface area contributed by atoms with E-state index in [-0.39, 0.29) is 17.9 Å². The molecule has 130 valence electrons. The lowest BCUT2D eigenvalue weighted by Gasteiger charge is -2.34. The molecule has 3 rings (SSSR count). The first-order valence-corrected chi connectivity index (χ1v) is 9.32. The number of nitrogens with one attached hydrogen (secondary N) is 1. The Morgan fingerprint density at radius 1 is 1.17 bits per heavy atom. The Hall–Kier alpha value is -1.40. The van der Waals surface area contributed by atoms with Gasteiger partial charge in [-0.1, -0.05) is 28.1 Å². The maximum Gasteiger partial charge on any atom is 0.244 e. The topological polar surface area (TPSA) is 75.4 Å². The second-order valence-corrected chi connectivity index (χ2v) is 7.97. The van der Waals surface area contributed by atoms with E-state index >= 15 is 0 Å². The molecule has 0 spiro atoms. The molecule has 1 atom stereocenters. The summed E-state index contributed by atoms with van der Waals surface area (Å²) in [5.41, 5.74) is 5.99. The molecule has 6 heteroatoms. The SMILES string of the molecule is CC(N)(C(=O)NC1CCN(C(=O)C2CC2)CC1)c1ccc(Br)cc1. The third kappa shape index (κ3) is 3.81. The number of rotatable bonds is 4. The minimum Gasteiger partial charge on any atom is -0.351 e. The van der Waals surface area contributed by atoms with Crippen LogP contribution < -0.4 is 11.1 Å². The number of hydrogen-bond donors (Lipinski definition) is 2. The molecule has 2 amide bonds. The highest BCUT2D eigenvalue weighted by Crippen LogP contribution is 2.32. The van der Waals surface area contributed by atoms with E-state index in [4.69, 9.17) is 5.73 Å². The standard InChI is InChI=1S/C18H24BrN3O2/c1-18(20,13-4-6-14(19)7-5-13)17(24)21-15-8-10-22(11-9-15)16(23)12-2-3-12/h4-7,12,15H,2-3,8-11,20H2,1H3,(H,21,24). The largest absolute Gasteiger partial charge is 0.351 e. The van der Waals surface area contributed by atoms with Crippen LogP contribution >= 0.6 is 15.9 Å². The van der Waals surface area contributed by atoms with E-state index in [0.717, 1.165) is 48.8 Å². The van der Waals surface area contributed by atoms with Gasteiger partial charge in [0.2, 0.25) is 11.8 Å². The Morgan fingerprint density at radius 3 is 2.29 bits per heavy atom. The Balaban J connectivity index is 1.55. The van der Waals surface area contributed by atoms with E-state index in [1.807, 2.05) is 29.2 Å². The predicted octanol–water partition coefficient (Wildman–Crippen LogP) is 2.14.